The van der Waals surface area contributed by atoms with E-state index < -0.39 is 0 Å². The van der Waals surface area contributed by atoms with Crippen molar-refractivity contribution in [2.75, 3.05) is 49.5 Å². The van der Waals surface area contributed by atoms with E-state index in [0.29, 0.717) is 12.5 Å². The van der Waals surface area contributed by atoms with E-state index in [0.717, 1.165) is 57.0 Å². The predicted octanol–water partition coefficient (Wildman–Crippen LogP) is 2.53. The van der Waals surface area contributed by atoms with Crippen LogP contribution in [-0.4, -0.2) is 50.1 Å². The summed E-state index contributed by atoms with van der Waals surface area (Å²) >= 11 is 0. The van der Waals surface area contributed by atoms with E-state index in [-0.39, 0.29) is 11.8 Å². The van der Waals surface area contributed by atoms with Gasteiger partial charge in [0.25, 0.3) is 0 Å². The summed E-state index contributed by atoms with van der Waals surface area (Å²) in [5.74, 6) is 1.53. The summed E-state index contributed by atoms with van der Waals surface area (Å²) in [5.41, 5.74) is 7.96. The first-order chi connectivity index (χ1) is 12.7. The summed E-state index contributed by atoms with van der Waals surface area (Å²) in [6.45, 7) is 6.33. The van der Waals surface area contributed by atoms with Gasteiger partial charge in [-0.15, -0.1) is 0 Å². The number of nitrogens with zero attached hydrogens (tertiary/aromatic N) is 2. The summed E-state index contributed by atoms with van der Waals surface area (Å²) in [4.78, 5) is 17.7. The summed E-state index contributed by atoms with van der Waals surface area (Å²) in [7, 11) is 0. The molecule has 0 spiro atoms. The third-order valence-corrected chi connectivity index (χ3v) is 6.36. The van der Waals surface area contributed by atoms with Gasteiger partial charge >= 0.3 is 0 Å². The number of carbonyl (C=O) groups is 1. The van der Waals surface area contributed by atoms with Crippen molar-refractivity contribution in [2.45, 2.75) is 32.1 Å². The van der Waals surface area contributed by atoms with Crippen LogP contribution < -0.4 is 16.0 Å². The Morgan fingerprint density at radius 3 is 2.65 bits per heavy atom. The van der Waals surface area contributed by atoms with Gasteiger partial charge in [-0.1, -0.05) is 12.5 Å². The van der Waals surface area contributed by atoms with Crippen LogP contribution in [0, 0.1) is 17.8 Å². The Bertz CT molecular complexity index is 622. The monoisotopic (exact) mass is 356 g/mol. The molecule has 5 nitrogen and oxygen atoms in total. The van der Waals surface area contributed by atoms with Crippen molar-refractivity contribution in [3.8, 4) is 0 Å². The number of benzene rings is 1. The second-order valence-corrected chi connectivity index (χ2v) is 8.30. The molecule has 26 heavy (non-hydrogen) atoms. The number of amides is 1. The van der Waals surface area contributed by atoms with Gasteiger partial charge in [-0.05, 0) is 62.3 Å². The zero-order chi connectivity index (χ0) is 17.9. The van der Waals surface area contributed by atoms with Gasteiger partial charge in [0.05, 0.1) is 0 Å². The standard InChI is InChI=1S/C21H32N4O/c22-14-17-3-1-6-20(17)21(26)23-18-4-2-5-19(13-18)25-11-9-24(10-12-25)15-16-7-8-16/h2,4-5,13,16-17,20H,1,3,6-12,14-15,22H2,(H,23,26)/t17-,20-/m1/s1. The van der Waals surface area contributed by atoms with Gasteiger partial charge in [0.15, 0.2) is 0 Å². The number of carbonyl (C=O) groups excluding carboxylic acids is 1. The van der Waals surface area contributed by atoms with Crippen molar-refractivity contribution in [3.05, 3.63) is 24.3 Å². The Balaban J connectivity index is 1.33. The van der Waals surface area contributed by atoms with Gasteiger partial charge in [0.1, 0.15) is 0 Å². The first-order valence-corrected chi connectivity index (χ1v) is 10.3. The highest BCUT2D eigenvalue weighted by Gasteiger charge is 2.32. The fourth-order valence-electron chi connectivity index (χ4n) is 4.53. The Hall–Kier alpha value is -1.59. The van der Waals surface area contributed by atoms with Crippen molar-refractivity contribution in [1.82, 2.24) is 4.90 Å². The molecule has 3 aliphatic rings. The number of nitrogens with one attached hydrogen (secondary N) is 1. The SMILES string of the molecule is NC[C@H]1CCC[C@H]1C(=O)Nc1cccc(N2CCN(CC3CC3)CC2)c1. The van der Waals surface area contributed by atoms with Gasteiger partial charge in [-0.2, -0.15) is 0 Å². The highest BCUT2D eigenvalue weighted by molar-refractivity contribution is 5.93. The Morgan fingerprint density at radius 2 is 1.92 bits per heavy atom. The number of anilines is 2. The van der Waals surface area contributed by atoms with Gasteiger partial charge in [-0.25, -0.2) is 0 Å². The average Bonchev–Trinajstić information content (AvgIpc) is 3.34. The van der Waals surface area contributed by atoms with E-state index in [4.69, 9.17) is 5.73 Å². The van der Waals surface area contributed by atoms with Crippen molar-refractivity contribution < 1.29 is 4.79 Å². The lowest BCUT2D eigenvalue weighted by Crippen LogP contribution is -2.47. The fraction of sp³-hybridized carbons (Fsp3) is 0.667. The molecule has 0 unspecified atom stereocenters. The van der Waals surface area contributed by atoms with Crippen molar-refractivity contribution in [2.24, 2.45) is 23.5 Å². The Kier molecular flexibility index (Phi) is 5.46. The summed E-state index contributed by atoms with van der Waals surface area (Å²) in [6, 6.07) is 8.33. The van der Waals surface area contributed by atoms with Gasteiger partial charge in [-0.3, -0.25) is 9.69 Å². The minimum Gasteiger partial charge on any atom is -0.369 e. The second-order valence-electron chi connectivity index (χ2n) is 8.30. The smallest absolute Gasteiger partial charge is 0.227 e. The molecule has 1 heterocycles. The predicted molar refractivity (Wildman–Crippen MR) is 106 cm³/mol. The molecule has 142 valence electrons. The molecule has 1 amide bonds. The number of rotatable bonds is 6. The summed E-state index contributed by atoms with van der Waals surface area (Å²) < 4.78 is 0. The maximum atomic E-state index is 12.6. The molecule has 1 saturated heterocycles. The largest absolute Gasteiger partial charge is 0.369 e. The van der Waals surface area contributed by atoms with E-state index in [2.05, 4.69) is 33.3 Å². The maximum Gasteiger partial charge on any atom is 0.227 e. The van der Waals surface area contributed by atoms with Crippen LogP contribution >= 0.6 is 0 Å². The highest BCUT2D eigenvalue weighted by Crippen LogP contribution is 2.32. The first kappa shape index (κ1) is 17.8. The van der Waals surface area contributed by atoms with E-state index in [1.54, 1.807) is 0 Å². The van der Waals surface area contributed by atoms with Crippen LogP contribution in [0.3, 0.4) is 0 Å². The molecule has 1 aromatic rings. The minimum atomic E-state index is 0.0784. The lowest BCUT2D eigenvalue weighted by molar-refractivity contribution is -0.120. The zero-order valence-corrected chi connectivity index (χ0v) is 15.7. The molecule has 0 radical (unpaired) electrons. The molecule has 2 atom stereocenters. The van der Waals surface area contributed by atoms with Gasteiger partial charge < -0.3 is 16.0 Å². The molecule has 5 heteroatoms. The van der Waals surface area contributed by atoms with Crippen LogP contribution in [0.25, 0.3) is 0 Å². The van der Waals surface area contributed by atoms with Crippen LogP contribution in [0.1, 0.15) is 32.1 Å². The Morgan fingerprint density at radius 1 is 1.12 bits per heavy atom. The normalized spacial score (nSPS) is 26.9. The minimum absolute atomic E-state index is 0.0784. The quantitative estimate of drug-likeness (QED) is 0.822. The van der Waals surface area contributed by atoms with Crippen LogP contribution in [0.15, 0.2) is 24.3 Å². The zero-order valence-electron chi connectivity index (χ0n) is 15.7. The molecule has 1 aliphatic heterocycles. The van der Waals surface area contributed by atoms with Crippen molar-refractivity contribution in [1.29, 1.82) is 0 Å². The molecular formula is C21H32N4O. The Labute approximate surface area is 156 Å². The lowest BCUT2D eigenvalue weighted by atomic mass is 9.95. The van der Waals surface area contributed by atoms with Gasteiger partial charge in [0, 0.05) is 50.0 Å². The van der Waals surface area contributed by atoms with E-state index in [9.17, 15) is 4.79 Å². The summed E-state index contributed by atoms with van der Waals surface area (Å²) in [5, 5.41) is 3.14. The molecule has 3 fully saturated rings. The van der Waals surface area contributed by atoms with Crippen molar-refractivity contribution >= 4 is 17.3 Å². The third kappa shape index (κ3) is 4.21. The van der Waals surface area contributed by atoms with Gasteiger partial charge in [0.2, 0.25) is 5.91 Å². The van der Waals surface area contributed by atoms with E-state index >= 15 is 0 Å². The molecular weight excluding hydrogens is 324 g/mol. The number of hydrogen-bond donors (Lipinski definition) is 2. The second kappa shape index (κ2) is 7.97. The van der Waals surface area contributed by atoms with Crippen molar-refractivity contribution in [3.63, 3.8) is 0 Å². The highest BCUT2D eigenvalue weighted by atomic mass is 16.1. The lowest BCUT2D eigenvalue weighted by Gasteiger charge is -2.36. The number of piperazine rings is 1. The molecule has 2 aliphatic carbocycles. The maximum absolute atomic E-state index is 12.6. The topological polar surface area (TPSA) is 61.6 Å². The summed E-state index contributed by atoms with van der Waals surface area (Å²) in [6.07, 6.45) is 6.02. The van der Waals surface area contributed by atoms with Crippen LogP contribution in [0.2, 0.25) is 0 Å². The van der Waals surface area contributed by atoms with Crippen LogP contribution in [0.5, 0.6) is 0 Å². The number of nitrogens with two attached hydrogens (primary N) is 1. The van der Waals surface area contributed by atoms with Crippen LogP contribution in [0.4, 0.5) is 11.4 Å². The van der Waals surface area contributed by atoms with E-state index in [1.165, 1.54) is 25.1 Å². The average molecular weight is 357 g/mol. The molecule has 3 N–H and O–H groups in total. The third-order valence-electron chi connectivity index (χ3n) is 6.36. The first-order valence-electron chi connectivity index (χ1n) is 10.3. The molecule has 4 rings (SSSR count). The molecule has 0 bridgehead atoms. The van der Waals surface area contributed by atoms with Crippen LogP contribution in [-0.2, 0) is 4.79 Å². The number of hydrogen-bond acceptors (Lipinski definition) is 4. The molecule has 2 saturated carbocycles. The van der Waals surface area contributed by atoms with E-state index in [1.807, 2.05) is 6.07 Å². The molecule has 0 aromatic heterocycles. The molecule has 1 aromatic carbocycles. The fourth-order valence-corrected chi connectivity index (χ4v) is 4.53.